The zero-order valence-corrected chi connectivity index (χ0v) is 11.1. The van der Waals surface area contributed by atoms with Crippen LogP contribution in [0.3, 0.4) is 0 Å². The van der Waals surface area contributed by atoms with E-state index in [9.17, 15) is 0 Å². The Bertz CT molecular complexity index is 388. The molecule has 1 aromatic rings. The largest absolute Gasteiger partial charge is 0.389 e. The van der Waals surface area contributed by atoms with Crippen LogP contribution in [0.1, 0.15) is 32.8 Å². The summed E-state index contributed by atoms with van der Waals surface area (Å²) in [6.07, 6.45) is 2.79. The first-order chi connectivity index (χ1) is 7.40. The quantitative estimate of drug-likeness (QED) is 0.816. The normalized spacial score (nSPS) is 11.2. The van der Waals surface area contributed by atoms with Crippen molar-refractivity contribution in [2.24, 2.45) is 5.73 Å². The minimum absolute atomic E-state index is 0.0356. The van der Waals surface area contributed by atoms with E-state index in [1.807, 2.05) is 19.2 Å². The number of nitrogens with zero attached hydrogens (tertiary/aromatic N) is 2. The van der Waals surface area contributed by atoms with Crippen molar-refractivity contribution in [3.63, 3.8) is 0 Å². The predicted molar refractivity (Wildman–Crippen MR) is 72.9 cm³/mol. The lowest BCUT2D eigenvalue weighted by Crippen LogP contribution is -2.42. The summed E-state index contributed by atoms with van der Waals surface area (Å²) in [6.45, 7) is 6.50. The first-order valence-corrected chi connectivity index (χ1v) is 5.79. The van der Waals surface area contributed by atoms with Crippen molar-refractivity contribution < 1.29 is 0 Å². The molecule has 16 heavy (non-hydrogen) atoms. The van der Waals surface area contributed by atoms with Gasteiger partial charge in [-0.15, -0.1) is 0 Å². The molecular weight excluding hydrogens is 218 g/mol. The van der Waals surface area contributed by atoms with Crippen LogP contribution in [0.25, 0.3) is 0 Å². The summed E-state index contributed by atoms with van der Waals surface area (Å²) in [5.74, 6) is 0.849. The molecule has 0 aliphatic carbocycles. The smallest absolute Gasteiger partial charge is 0.138 e. The summed E-state index contributed by atoms with van der Waals surface area (Å²) < 4.78 is 0. The van der Waals surface area contributed by atoms with Gasteiger partial charge in [0, 0.05) is 18.8 Å². The Labute approximate surface area is 103 Å². The molecular formula is C12H19N3S. The summed E-state index contributed by atoms with van der Waals surface area (Å²) in [7, 11) is 2.02. The third-order valence-electron chi connectivity index (χ3n) is 3.14. The third kappa shape index (κ3) is 2.50. The van der Waals surface area contributed by atoms with Gasteiger partial charge in [-0.3, -0.25) is 0 Å². The Balaban J connectivity index is 3.18. The highest BCUT2D eigenvalue weighted by molar-refractivity contribution is 7.80. The highest BCUT2D eigenvalue weighted by Gasteiger charge is 2.24. The fourth-order valence-corrected chi connectivity index (χ4v) is 1.54. The molecule has 88 valence electrons. The zero-order valence-electron chi connectivity index (χ0n) is 10.3. The van der Waals surface area contributed by atoms with Crippen molar-refractivity contribution in [3.05, 3.63) is 23.9 Å². The summed E-state index contributed by atoms with van der Waals surface area (Å²) in [4.78, 5) is 6.89. The van der Waals surface area contributed by atoms with Crippen molar-refractivity contribution in [2.75, 3.05) is 11.9 Å². The van der Waals surface area contributed by atoms with E-state index in [-0.39, 0.29) is 5.54 Å². The Kier molecular flexibility index (Phi) is 3.86. The maximum absolute atomic E-state index is 5.70. The fourth-order valence-electron chi connectivity index (χ4n) is 1.38. The lowest BCUT2D eigenvalue weighted by molar-refractivity contribution is 0.467. The molecule has 0 radical (unpaired) electrons. The van der Waals surface area contributed by atoms with Gasteiger partial charge in [0.25, 0.3) is 0 Å². The Morgan fingerprint density at radius 2 is 2.19 bits per heavy atom. The van der Waals surface area contributed by atoms with Gasteiger partial charge in [-0.2, -0.15) is 0 Å². The molecule has 0 atom stereocenters. The van der Waals surface area contributed by atoms with E-state index in [1.54, 1.807) is 6.20 Å². The van der Waals surface area contributed by atoms with Crippen LogP contribution in [0, 0.1) is 0 Å². The average Bonchev–Trinajstić information content (AvgIpc) is 2.28. The number of aromatic nitrogens is 1. The van der Waals surface area contributed by atoms with Crippen molar-refractivity contribution in [1.29, 1.82) is 0 Å². The molecule has 0 aliphatic rings. The Morgan fingerprint density at radius 3 is 2.69 bits per heavy atom. The molecule has 0 unspecified atom stereocenters. The molecule has 0 aliphatic heterocycles. The van der Waals surface area contributed by atoms with Crippen LogP contribution in [0.5, 0.6) is 0 Å². The second kappa shape index (κ2) is 4.78. The van der Waals surface area contributed by atoms with Gasteiger partial charge in [0.15, 0.2) is 0 Å². The molecule has 1 rings (SSSR count). The molecule has 0 saturated heterocycles. The van der Waals surface area contributed by atoms with Crippen LogP contribution in [-0.2, 0) is 0 Å². The number of pyridine rings is 1. The summed E-state index contributed by atoms with van der Waals surface area (Å²) in [5, 5.41) is 0. The van der Waals surface area contributed by atoms with Crippen LogP contribution in [-0.4, -0.2) is 22.6 Å². The SMILES string of the molecule is CCC(C)(C)N(C)c1ncccc1C(N)=S. The first-order valence-electron chi connectivity index (χ1n) is 5.39. The van der Waals surface area contributed by atoms with E-state index < -0.39 is 0 Å². The summed E-state index contributed by atoms with van der Waals surface area (Å²) in [5.41, 5.74) is 6.57. The zero-order chi connectivity index (χ0) is 12.3. The number of rotatable bonds is 4. The number of nitrogens with two attached hydrogens (primary N) is 1. The van der Waals surface area contributed by atoms with Crippen LogP contribution in [0.4, 0.5) is 5.82 Å². The number of thiocarbonyl (C=S) groups is 1. The maximum atomic E-state index is 5.70. The number of hydrogen-bond acceptors (Lipinski definition) is 3. The molecule has 0 aromatic carbocycles. The molecule has 0 amide bonds. The van der Waals surface area contributed by atoms with Crippen LogP contribution in [0.15, 0.2) is 18.3 Å². The van der Waals surface area contributed by atoms with Gasteiger partial charge in [0.1, 0.15) is 10.8 Å². The third-order valence-corrected chi connectivity index (χ3v) is 3.36. The minimum Gasteiger partial charge on any atom is -0.389 e. The van der Waals surface area contributed by atoms with E-state index in [4.69, 9.17) is 18.0 Å². The second-order valence-electron chi connectivity index (χ2n) is 4.46. The second-order valence-corrected chi connectivity index (χ2v) is 4.90. The predicted octanol–water partition coefficient (Wildman–Crippen LogP) is 2.34. The van der Waals surface area contributed by atoms with Crippen molar-refractivity contribution in [3.8, 4) is 0 Å². The molecule has 0 bridgehead atoms. The fraction of sp³-hybridized carbons (Fsp3) is 0.500. The van der Waals surface area contributed by atoms with Crippen LogP contribution < -0.4 is 10.6 Å². The molecule has 3 nitrogen and oxygen atoms in total. The lowest BCUT2D eigenvalue weighted by Gasteiger charge is -2.36. The van der Waals surface area contributed by atoms with E-state index in [1.165, 1.54) is 0 Å². The number of hydrogen-bond donors (Lipinski definition) is 1. The monoisotopic (exact) mass is 237 g/mol. The van der Waals surface area contributed by atoms with Crippen molar-refractivity contribution >= 4 is 23.0 Å². The minimum atomic E-state index is 0.0356. The number of anilines is 1. The highest BCUT2D eigenvalue weighted by atomic mass is 32.1. The molecule has 4 heteroatoms. The van der Waals surface area contributed by atoms with Gasteiger partial charge in [-0.1, -0.05) is 19.1 Å². The van der Waals surface area contributed by atoms with Crippen LogP contribution >= 0.6 is 12.2 Å². The summed E-state index contributed by atoms with van der Waals surface area (Å²) >= 11 is 5.04. The van der Waals surface area contributed by atoms with Crippen molar-refractivity contribution in [1.82, 2.24) is 4.98 Å². The van der Waals surface area contributed by atoms with Gasteiger partial charge in [0.2, 0.25) is 0 Å². The maximum Gasteiger partial charge on any atom is 0.138 e. The first kappa shape index (κ1) is 12.9. The molecule has 1 aromatic heterocycles. The lowest BCUT2D eigenvalue weighted by atomic mass is 9.99. The average molecular weight is 237 g/mol. The van der Waals surface area contributed by atoms with E-state index in [2.05, 4.69) is 30.7 Å². The van der Waals surface area contributed by atoms with E-state index in [0.29, 0.717) is 4.99 Å². The Hall–Kier alpha value is -1.16. The molecule has 2 N–H and O–H groups in total. The van der Waals surface area contributed by atoms with Gasteiger partial charge in [-0.25, -0.2) is 4.98 Å². The van der Waals surface area contributed by atoms with Crippen LogP contribution in [0.2, 0.25) is 0 Å². The topological polar surface area (TPSA) is 42.2 Å². The van der Waals surface area contributed by atoms with E-state index in [0.717, 1.165) is 17.8 Å². The molecule has 0 saturated carbocycles. The Morgan fingerprint density at radius 1 is 1.56 bits per heavy atom. The summed E-state index contributed by atoms with van der Waals surface area (Å²) in [6, 6.07) is 3.76. The van der Waals surface area contributed by atoms with Gasteiger partial charge < -0.3 is 10.6 Å². The standard InChI is InChI=1S/C12H19N3S/c1-5-12(2,3)15(4)11-9(10(13)16)7-6-8-14-11/h6-8H,5H2,1-4H3,(H2,13,16). The van der Waals surface area contributed by atoms with Gasteiger partial charge in [-0.05, 0) is 32.4 Å². The molecule has 0 fully saturated rings. The van der Waals surface area contributed by atoms with Crippen molar-refractivity contribution in [2.45, 2.75) is 32.7 Å². The van der Waals surface area contributed by atoms with Gasteiger partial charge in [0.05, 0.1) is 5.56 Å². The molecule has 0 spiro atoms. The van der Waals surface area contributed by atoms with E-state index >= 15 is 0 Å². The van der Waals surface area contributed by atoms with Gasteiger partial charge >= 0.3 is 0 Å². The highest BCUT2D eigenvalue weighted by Crippen LogP contribution is 2.25. The molecule has 1 heterocycles.